The second-order valence-corrected chi connectivity index (χ2v) is 9.31. The van der Waals surface area contributed by atoms with Crippen LogP contribution in [0.25, 0.3) is 22.3 Å². The number of fused-ring (bicyclic) bond motifs is 2. The Bertz CT molecular complexity index is 1540. The van der Waals surface area contributed by atoms with Gasteiger partial charge in [0.15, 0.2) is 47.0 Å². The molecule has 0 radical (unpaired) electrons. The van der Waals surface area contributed by atoms with E-state index in [1.165, 1.54) is 21.8 Å². The molecule has 2 aliphatic rings. The normalized spacial score (nSPS) is 31.0. The number of halogens is 1. The molecule has 0 aliphatic carbocycles. The third-order valence-corrected chi connectivity index (χ3v) is 6.82. The lowest BCUT2D eigenvalue weighted by Crippen LogP contribution is -2.38. The molecule has 208 valence electrons. The van der Waals surface area contributed by atoms with E-state index < -0.39 is 62.3 Å². The van der Waals surface area contributed by atoms with Crippen molar-refractivity contribution < 1.29 is 39.7 Å². The summed E-state index contributed by atoms with van der Waals surface area (Å²) in [4.78, 5) is 24.8. The Morgan fingerprint density at radius 2 is 1.36 bits per heavy atom. The smallest absolute Gasteiger partial charge is 0.321 e. The van der Waals surface area contributed by atoms with E-state index in [9.17, 15) is 25.5 Å². The molecule has 0 amide bonds. The van der Waals surface area contributed by atoms with Gasteiger partial charge in [-0.3, -0.25) is 9.13 Å². The van der Waals surface area contributed by atoms with Gasteiger partial charge < -0.3 is 51.2 Å². The van der Waals surface area contributed by atoms with E-state index in [0.29, 0.717) is 0 Å². The van der Waals surface area contributed by atoms with E-state index in [-0.39, 0.29) is 45.3 Å². The predicted octanol–water partition coefficient (Wildman–Crippen LogP) is -2.91. The van der Waals surface area contributed by atoms with Crippen molar-refractivity contribution in [3.8, 4) is 6.01 Å². The Balaban J connectivity index is 1.38. The van der Waals surface area contributed by atoms with E-state index in [4.69, 9.17) is 37.3 Å². The van der Waals surface area contributed by atoms with Crippen LogP contribution >= 0.6 is 11.6 Å². The predicted molar refractivity (Wildman–Crippen MR) is 129 cm³/mol. The molecule has 2 aliphatic heterocycles. The van der Waals surface area contributed by atoms with Crippen LogP contribution in [0.4, 0.5) is 11.6 Å². The lowest BCUT2D eigenvalue weighted by molar-refractivity contribution is -0.0513. The summed E-state index contributed by atoms with van der Waals surface area (Å²) in [6, 6.07) is -0.304. The first-order valence-electron chi connectivity index (χ1n) is 11.6. The summed E-state index contributed by atoms with van der Waals surface area (Å²) >= 11 is 5.97. The SMILES string of the molecule is Nc1nc(O[C@@H]2[C@H](O)[C@@H](CO)O[C@H]2n2cnc3c(N)nc(Cl)nc32)nc2c1ncn2[C@@H]1O[C@H](CO)[C@@H](O)[C@H]1O. The molecular formula is C20H23ClN10O8. The Hall–Kier alpha value is -3.49. The van der Waals surface area contributed by atoms with E-state index in [2.05, 4.69) is 29.9 Å². The van der Waals surface area contributed by atoms with Crippen LogP contribution in [-0.4, -0.2) is 114 Å². The fourth-order valence-corrected chi connectivity index (χ4v) is 4.88. The van der Waals surface area contributed by atoms with Gasteiger partial charge in [0.2, 0.25) is 5.28 Å². The molecule has 18 nitrogen and oxygen atoms in total. The third kappa shape index (κ3) is 4.08. The molecule has 6 rings (SSSR count). The number of imidazole rings is 2. The highest BCUT2D eigenvalue weighted by molar-refractivity contribution is 6.28. The number of nitrogen functional groups attached to an aromatic ring is 2. The number of nitrogens with two attached hydrogens (primary N) is 2. The Morgan fingerprint density at radius 3 is 2.00 bits per heavy atom. The number of nitrogens with zero attached hydrogens (tertiary/aromatic N) is 8. The monoisotopic (exact) mass is 566 g/mol. The molecule has 0 aromatic carbocycles. The number of anilines is 2. The summed E-state index contributed by atoms with van der Waals surface area (Å²) in [6.45, 7) is -1.06. The maximum Gasteiger partial charge on any atom is 0.321 e. The van der Waals surface area contributed by atoms with Crippen molar-refractivity contribution >= 4 is 45.6 Å². The fourth-order valence-electron chi connectivity index (χ4n) is 4.71. The molecule has 0 spiro atoms. The standard InChI is InChI=1S/C20H23ClN10O8/c21-19-26-13(22)7-15(28-19)31(4-25-7)18-12(10(35)6(2-33)38-18)39-20-27-14(23)8-16(29-20)30(3-24-8)17-11(36)9(34)5(1-32)37-17/h3-6,9-12,17-18,32-36H,1-2H2,(H2,22,26,28)(H2,23,27,29)/t5-,6-,9-,10-,11-,12-,17-,18-/m1/s1. The van der Waals surface area contributed by atoms with Crippen molar-refractivity contribution in [1.29, 1.82) is 0 Å². The summed E-state index contributed by atoms with van der Waals surface area (Å²) in [5.41, 5.74) is 12.6. The van der Waals surface area contributed by atoms with Gasteiger partial charge in [-0.25, -0.2) is 9.97 Å². The molecule has 39 heavy (non-hydrogen) atoms. The van der Waals surface area contributed by atoms with Gasteiger partial charge in [-0.05, 0) is 11.6 Å². The van der Waals surface area contributed by atoms with Crippen LogP contribution in [0, 0.1) is 0 Å². The summed E-state index contributed by atoms with van der Waals surface area (Å²) in [7, 11) is 0. The van der Waals surface area contributed by atoms with Gasteiger partial charge in [0.05, 0.1) is 25.9 Å². The van der Waals surface area contributed by atoms with Crippen LogP contribution in [0.1, 0.15) is 12.5 Å². The minimum atomic E-state index is -1.41. The minimum absolute atomic E-state index is 0.0261. The van der Waals surface area contributed by atoms with Crippen molar-refractivity contribution in [1.82, 2.24) is 39.0 Å². The molecule has 0 bridgehead atoms. The van der Waals surface area contributed by atoms with Crippen molar-refractivity contribution in [3.63, 3.8) is 0 Å². The zero-order valence-electron chi connectivity index (χ0n) is 19.8. The zero-order valence-corrected chi connectivity index (χ0v) is 20.5. The summed E-state index contributed by atoms with van der Waals surface area (Å²) in [6.07, 6.45) is -7.05. The molecule has 0 unspecified atom stereocenters. The second-order valence-electron chi connectivity index (χ2n) is 8.97. The van der Waals surface area contributed by atoms with Crippen LogP contribution in [-0.2, 0) is 9.47 Å². The molecule has 4 aromatic heterocycles. The second kappa shape index (κ2) is 9.61. The van der Waals surface area contributed by atoms with Gasteiger partial charge in [-0.15, -0.1) is 0 Å². The Labute approximate surface area is 222 Å². The fraction of sp³-hybridized carbons (Fsp3) is 0.500. The summed E-state index contributed by atoms with van der Waals surface area (Å²) in [5, 5.41) is 50.6. The Morgan fingerprint density at radius 1 is 0.795 bits per heavy atom. The molecule has 8 atom stereocenters. The van der Waals surface area contributed by atoms with E-state index in [1.807, 2.05) is 0 Å². The van der Waals surface area contributed by atoms with Gasteiger partial charge in [0.1, 0.15) is 36.0 Å². The number of aliphatic hydroxyl groups is 5. The average molecular weight is 567 g/mol. The third-order valence-electron chi connectivity index (χ3n) is 6.65. The molecule has 4 aromatic rings. The number of aromatic nitrogens is 8. The van der Waals surface area contributed by atoms with Crippen LogP contribution in [0.3, 0.4) is 0 Å². The molecule has 0 saturated carbocycles. The first-order valence-corrected chi connectivity index (χ1v) is 12.0. The molecule has 9 N–H and O–H groups in total. The van der Waals surface area contributed by atoms with Gasteiger partial charge in [0.25, 0.3) is 0 Å². The van der Waals surface area contributed by atoms with E-state index in [1.54, 1.807) is 0 Å². The largest absolute Gasteiger partial charge is 0.452 e. The highest BCUT2D eigenvalue weighted by atomic mass is 35.5. The number of hydrogen-bond acceptors (Lipinski definition) is 16. The van der Waals surface area contributed by atoms with E-state index in [0.717, 1.165) is 0 Å². The highest BCUT2D eigenvalue weighted by Crippen LogP contribution is 2.36. The van der Waals surface area contributed by atoms with Gasteiger partial charge in [-0.1, -0.05) is 0 Å². The van der Waals surface area contributed by atoms with Crippen LogP contribution in [0.2, 0.25) is 5.28 Å². The number of rotatable bonds is 6. The lowest BCUT2D eigenvalue weighted by Gasteiger charge is -2.22. The van der Waals surface area contributed by atoms with Crippen molar-refractivity contribution in [2.45, 2.75) is 49.1 Å². The lowest BCUT2D eigenvalue weighted by atomic mass is 10.1. The number of aliphatic hydroxyl groups excluding tert-OH is 5. The summed E-state index contributed by atoms with van der Waals surface area (Å²) < 4.78 is 20.1. The topological polar surface area (TPSA) is 268 Å². The molecular weight excluding hydrogens is 544 g/mol. The molecule has 2 saturated heterocycles. The maximum absolute atomic E-state index is 10.9. The molecule has 19 heteroatoms. The first-order chi connectivity index (χ1) is 18.7. The quantitative estimate of drug-likeness (QED) is 0.115. The van der Waals surface area contributed by atoms with Crippen LogP contribution in [0.15, 0.2) is 12.7 Å². The van der Waals surface area contributed by atoms with Crippen LogP contribution < -0.4 is 16.2 Å². The van der Waals surface area contributed by atoms with Gasteiger partial charge in [-0.2, -0.15) is 19.9 Å². The maximum atomic E-state index is 10.9. The minimum Gasteiger partial charge on any atom is -0.452 e. The highest BCUT2D eigenvalue weighted by Gasteiger charge is 2.48. The van der Waals surface area contributed by atoms with E-state index >= 15 is 0 Å². The first kappa shape index (κ1) is 25.8. The Kier molecular flexibility index (Phi) is 6.35. The average Bonchev–Trinajstić information content (AvgIpc) is 3.65. The van der Waals surface area contributed by atoms with Crippen molar-refractivity contribution in [2.75, 3.05) is 24.7 Å². The van der Waals surface area contributed by atoms with Crippen molar-refractivity contribution in [3.05, 3.63) is 17.9 Å². The van der Waals surface area contributed by atoms with Gasteiger partial charge in [0, 0.05) is 0 Å². The van der Waals surface area contributed by atoms with Crippen LogP contribution in [0.5, 0.6) is 6.01 Å². The van der Waals surface area contributed by atoms with Gasteiger partial charge >= 0.3 is 6.01 Å². The zero-order chi connectivity index (χ0) is 27.6. The number of hydrogen-bond donors (Lipinski definition) is 7. The molecule has 2 fully saturated rings. The number of ether oxygens (including phenoxy) is 3. The van der Waals surface area contributed by atoms with Crippen molar-refractivity contribution in [2.24, 2.45) is 0 Å². The summed E-state index contributed by atoms with van der Waals surface area (Å²) in [5.74, 6) is -0.0669. The molecule has 6 heterocycles.